The van der Waals surface area contributed by atoms with Gasteiger partial charge in [0.25, 0.3) is 0 Å². The molecule has 0 saturated carbocycles. The molecule has 2 amide bonds. The van der Waals surface area contributed by atoms with E-state index in [1.807, 2.05) is 29.6 Å². The van der Waals surface area contributed by atoms with Crippen molar-refractivity contribution in [2.75, 3.05) is 36.8 Å². The average Bonchev–Trinajstić information content (AvgIpc) is 3.54. The first kappa shape index (κ1) is 21.9. The van der Waals surface area contributed by atoms with Crippen LogP contribution in [-0.2, 0) is 0 Å². The third kappa shape index (κ3) is 5.38. The fourth-order valence-electron chi connectivity index (χ4n) is 4.78. The van der Waals surface area contributed by atoms with Crippen LogP contribution >= 0.6 is 11.3 Å². The summed E-state index contributed by atoms with van der Waals surface area (Å²) in [6.07, 6.45) is 8.41. The van der Waals surface area contributed by atoms with Crippen molar-refractivity contribution in [1.82, 2.24) is 25.2 Å². The molecule has 0 aliphatic carbocycles. The van der Waals surface area contributed by atoms with Crippen LogP contribution in [0.3, 0.4) is 0 Å². The number of anilines is 2. The van der Waals surface area contributed by atoms with E-state index in [2.05, 4.69) is 36.9 Å². The molecule has 2 saturated heterocycles. The van der Waals surface area contributed by atoms with Crippen LogP contribution in [0.15, 0.2) is 48.1 Å². The SMILES string of the molecule is O=C(Nc1cccc(C(C2CCNC2)N2CCCCC2)n1)Nc1csc(-c2ccncc2)n1. The zero-order valence-corrected chi connectivity index (χ0v) is 19.4. The van der Waals surface area contributed by atoms with Gasteiger partial charge < -0.3 is 5.32 Å². The number of piperidine rings is 1. The molecule has 0 aromatic carbocycles. The zero-order chi connectivity index (χ0) is 22.5. The zero-order valence-electron chi connectivity index (χ0n) is 18.5. The Morgan fingerprint density at radius 3 is 2.67 bits per heavy atom. The largest absolute Gasteiger partial charge is 0.326 e. The molecule has 3 N–H and O–H groups in total. The van der Waals surface area contributed by atoms with E-state index in [4.69, 9.17) is 4.98 Å². The number of aromatic nitrogens is 3. The number of carbonyl (C=O) groups is 1. The minimum Gasteiger partial charge on any atom is -0.316 e. The maximum atomic E-state index is 12.6. The molecule has 2 atom stereocenters. The first-order valence-electron chi connectivity index (χ1n) is 11.6. The Bertz CT molecular complexity index is 1060. The van der Waals surface area contributed by atoms with Crippen molar-refractivity contribution in [3.63, 3.8) is 0 Å². The molecule has 3 aromatic rings. The molecule has 3 aromatic heterocycles. The number of thiazole rings is 1. The summed E-state index contributed by atoms with van der Waals surface area (Å²) >= 11 is 1.48. The normalized spacial score (nSPS) is 19.8. The molecule has 33 heavy (non-hydrogen) atoms. The molecular formula is C24H29N7OS. The van der Waals surface area contributed by atoms with Gasteiger partial charge in [0.1, 0.15) is 16.6 Å². The van der Waals surface area contributed by atoms with E-state index in [9.17, 15) is 4.79 Å². The third-order valence-electron chi connectivity index (χ3n) is 6.32. The topological polar surface area (TPSA) is 95.1 Å². The number of hydrogen-bond donors (Lipinski definition) is 3. The highest BCUT2D eigenvalue weighted by molar-refractivity contribution is 7.13. The van der Waals surface area contributed by atoms with Gasteiger partial charge in [0.15, 0.2) is 0 Å². The van der Waals surface area contributed by atoms with Gasteiger partial charge in [-0.25, -0.2) is 14.8 Å². The van der Waals surface area contributed by atoms with Gasteiger partial charge in [-0.05, 0) is 75.6 Å². The molecule has 0 radical (unpaired) electrons. The highest BCUT2D eigenvalue weighted by atomic mass is 32.1. The minimum absolute atomic E-state index is 0.284. The van der Waals surface area contributed by atoms with E-state index < -0.39 is 0 Å². The maximum absolute atomic E-state index is 12.6. The number of nitrogens with one attached hydrogen (secondary N) is 3. The summed E-state index contributed by atoms with van der Waals surface area (Å²) in [6.45, 7) is 4.31. The van der Waals surface area contributed by atoms with Gasteiger partial charge in [0, 0.05) is 23.3 Å². The van der Waals surface area contributed by atoms with Crippen molar-refractivity contribution in [3.05, 3.63) is 53.8 Å². The Hall–Kier alpha value is -2.88. The lowest BCUT2D eigenvalue weighted by atomic mass is 9.92. The quantitative estimate of drug-likeness (QED) is 0.502. The van der Waals surface area contributed by atoms with Crippen molar-refractivity contribution < 1.29 is 4.79 Å². The average molecular weight is 464 g/mol. The number of carbonyl (C=O) groups excluding carboxylic acids is 1. The van der Waals surface area contributed by atoms with Crippen LogP contribution in [0.5, 0.6) is 0 Å². The third-order valence-corrected chi connectivity index (χ3v) is 7.21. The van der Waals surface area contributed by atoms with Crippen LogP contribution in [0.1, 0.15) is 37.4 Å². The van der Waals surface area contributed by atoms with Gasteiger partial charge in [0.05, 0.1) is 11.7 Å². The highest BCUT2D eigenvalue weighted by Crippen LogP contribution is 2.34. The summed E-state index contributed by atoms with van der Waals surface area (Å²) in [5.74, 6) is 1.62. The summed E-state index contributed by atoms with van der Waals surface area (Å²) in [6, 6.07) is 9.67. The second-order valence-electron chi connectivity index (χ2n) is 8.59. The van der Waals surface area contributed by atoms with Crippen molar-refractivity contribution >= 4 is 29.0 Å². The van der Waals surface area contributed by atoms with Crippen molar-refractivity contribution in [1.29, 1.82) is 0 Å². The van der Waals surface area contributed by atoms with E-state index >= 15 is 0 Å². The standard InChI is InChI=1S/C24H29N7OS/c32-24(30-21-16-33-23(28-21)17-7-10-25-11-8-17)29-20-6-4-5-19(27-20)22(18-9-12-26-15-18)31-13-2-1-3-14-31/h4-8,10-11,16,18,22,26H,1-3,9,12-15H2,(H2,27,29,30,32). The highest BCUT2D eigenvalue weighted by Gasteiger charge is 2.33. The number of hydrogen-bond acceptors (Lipinski definition) is 7. The van der Waals surface area contributed by atoms with Crippen LogP contribution in [0.2, 0.25) is 0 Å². The predicted octanol–water partition coefficient (Wildman–Crippen LogP) is 4.38. The molecule has 2 fully saturated rings. The van der Waals surface area contributed by atoms with Crippen LogP contribution in [0.4, 0.5) is 16.4 Å². The van der Waals surface area contributed by atoms with Gasteiger partial charge in [-0.2, -0.15) is 0 Å². The monoisotopic (exact) mass is 463 g/mol. The van der Waals surface area contributed by atoms with Gasteiger partial charge in [-0.1, -0.05) is 12.5 Å². The van der Waals surface area contributed by atoms with E-state index in [0.29, 0.717) is 17.6 Å². The number of rotatable bonds is 6. The number of amides is 2. The molecule has 0 bridgehead atoms. The number of pyridine rings is 2. The lowest BCUT2D eigenvalue weighted by Gasteiger charge is -2.37. The number of nitrogens with zero attached hydrogens (tertiary/aromatic N) is 4. The lowest BCUT2D eigenvalue weighted by molar-refractivity contribution is 0.119. The van der Waals surface area contributed by atoms with Crippen LogP contribution in [0.25, 0.3) is 10.6 Å². The predicted molar refractivity (Wildman–Crippen MR) is 131 cm³/mol. The molecule has 5 rings (SSSR count). The Balaban J connectivity index is 1.27. The molecule has 2 aliphatic heterocycles. The molecular weight excluding hydrogens is 434 g/mol. The van der Waals surface area contributed by atoms with Crippen LogP contribution in [-0.4, -0.2) is 52.1 Å². The van der Waals surface area contributed by atoms with Gasteiger partial charge in [-0.3, -0.25) is 20.5 Å². The summed E-state index contributed by atoms with van der Waals surface area (Å²) in [5.41, 5.74) is 2.01. The Labute approximate surface area is 197 Å². The maximum Gasteiger partial charge on any atom is 0.326 e. The molecule has 172 valence electrons. The lowest BCUT2D eigenvalue weighted by Crippen LogP contribution is -2.38. The summed E-state index contributed by atoms with van der Waals surface area (Å²) < 4.78 is 0. The summed E-state index contributed by atoms with van der Waals surface area (Å²) in [5, 5.41) is 11.9. The van der Waals surface area contributed by atoms with Crippen LogP contribution < -0.4 is 16.0 Å². The van der Waals surface area contributed by atoms with E-state index in [0.717, 1.165) is 48.9 Å². The van der Waals surface area contributed by atoms with E-state index in [1.54, 1.807) is 12.4 Å². The Morgan fingerprint density at radius 1 is 1.06 bits per heavy atom. The Morgan fingerprint density at radius 2 is 1.88 bits per heavy atom. The molecule has 5 heterocycles. The molecule has 2 unspecified atom stereocenters. The summed E-state index contributed by atoms with van der Waals surface area (Å²) in [4.78, 5) is 28.6. The fraction of sp³-hybridized carbons (Fsp3) is 0.417. The fourth-order valence-corrected chi connectivity index (χ4v) is 5.54. The van der Waals surface area contributed by atoms with E-state index in [1.165, 1.54) is 30.6 Å². The van der Waals surface area contributed by atoms with Crippen molar-refractivity contribution in [2.24, 2.45) is 5.92 Å². The summed E-state index contributed by atoms with van der Waals surface area (Å²) in [7, 11) is 0. The van der Waals surface area contributed by atoms with E-state index in [-0.39, 0.29) is 12.1 Å². The van der Waals surface area contributed by atoms with Gasteiger partial charge in [0.2, 0.25) is 0 Å². The smallest absolute Gasteiger partial charge is 0.316 e. The van der Waals surface area contributed by atoms with Crippen molar-refractivity contribution in [3.8, 4) is 10.6 Å². The first-order valence-corrected chi connectivity index (χ1v) is 12.5. The molecule has 2 aliphatic rings. The molecule has 9 heteroatoms. The second-order valence-corrected chi connectivity index (χ2v) is 9.45. The molecule has 0 spiro atoms. The number of urea groups is 1. The number of likely N-dealkylation sites (tertiary alicyclic amines) is 1. The minimum atomic E-state index is -0.344. The first-order chi connectivity index (χ1) is 16.3. The molecule has 8 nitrogen and oxygen atoms in total. The van der Waals surface area contributed by atoms with Crippen LogP contribution in [0, 0.1) is 5.92 Å². The van der Waals surface area contributed by atoms with Gasteiger partial charge >= 0.3 is 6.03 Å². The second kappa shape index (κ2) is 10.4. The van der Waals surface area contributed by atoms with Gasteiger partial charge in [-0.15, -0.1) is 11.3 Å². The van der Waals surface area contributed by atoms with Crippen molar-refractivity contribution in [2.45, 2.75) is 31.7 Å². The Kier molecular flexibility index (Phi) is 6.89.